The van der Waals surface area contributed by atoms with E-state index in [1.807, 2.05) is 13.0 Å². The van der Waals surface area contributed by atoms with Crippen molar-refractivity contribution in [3.8, 4) is 5.75 Å². The van der Waals surface area contributed by atoms with E-state index >= 15 is 0 Å². The molecular formula is C24H27FN2O5. The number of methoxy groups -OCH3 is 1. The van der Waals surface area contributed by atoms with Crippen LogP contribution in [0.5, 0.6) is 5.75 Å². The lowest BCUT2D eigenvalue weighted by molar-refractivity contribution is -0.154. The van der Waals surface area contributed by atoms with Gasteiger partial charge in [0, 0.05) is 0 Å². The summed E-state index contributed by atoms with van der Waals surface area (Å²) in [6.07, 6.45) is 2.86. The number of benzene rings is 2. The predicted molar refractivity (Wildman–Crippen MR) is 117 cm³/mol. The number of carbonyl (C=O) groups excluding carboxylic acids is 3. The maximum atomic E-state index is 13.3. The summed E-state index contributed by atoms with van der Waals surface area (Å²) in [5.41, 5.74) is 1.26. The zero-order valence-electron chi connectivity index (χ0n) is 18.2. The van der Waals surface area contributed by atoms with Crippen LogP contribution >= 0.6 is 0 Å². The molecule has 0 bridgehead atoms. The van der Waals surface area contributed by atoms with E-state index in [4.69, 9.17) is 9.47 Å². The van der Waals surface area contributed by atoms with Crippen LogP contribution in [0, 0.1) is 12.7 Å². The number of hydrogen-bond donors (Lipinski definition) is 2. The molecule has 0 spiro atoms. The highest BCUT2D eigenvalue weighted by molar-refractivity contribution is 5.96. The highest BCUT2D eigenvalue weighted by Gasteiger charge is 2.44. The van der Waals surface area contributed by atoms with Crippen LogP contribution in [0.3, 0.4) is 0 Å². The van der Waals surface area contributed by atoms with Crippen molar-refractivity contribution in [2.45, 2.75) is 38.0 Å². The van der Waals surface area contributed by atoms with Gasteiger partial charge in [0.15, 0.2) is 6.61 Å². The Balaban J connectivity index is 1.52. The number of hydrogen-bond acceptors (Lipinski definition) is 5. The van der Waals surface area contributed by atoms with E-state index in [1.54, 1.807) is 24.3 Å². The first-order chi connectivity index (χ1) is 15.3. The number of rotatable bonds is 8. The van der Waals surface area contributed by atoms with Crippen molar-refractivity contribution in [3.63, 3.8) is 0 Å². The summed E-state index contributed by atoms with van der Waals surface area (Å²) in [5.74, 6) is -1.40. The maximum Gasteiger partial charge on any atom is 0.317 e. The number of nitrogens with one attached hydrogen (secondary N) is 2. The highest BCUT2D eigenvalue weighted by atomic mass is 19.1. The quantitative estimate of drug-likeness (QED) is 0.612. The van der Waals surface area contributed by atoms with Gasteiger partial charge in [0.25, 0.3) is 5.91 Å². The Bertz CT molecular complexity index is 984. The second-order valence-electron chi connectivity index (χ2n) is 7.90. The molecule has 0 aromatic heterocycles. The molecule has 8 heteroatoms. The van der Waals surface area contributed by atoms with Gasteiger partial charge in [0.1, 0.15) is 11.6 Å². The molecule has 0 unspecified atom stereocenters. The Labute approximate surface area is 186 Å². The number of anilines is 1. The SMILES string of the molecule is COc1ccc(C)cc1NC(=O)CNC(=O)COC(=O)C1(c2ccc(F)cc2)CCCC1. The lowest BCUT2D eigenvalue weighted by atomic mass is 9.79. The van der Waals surface area contributed by atoms with E-state index < -0.39 is 29.8 Å². The van der Waals surface area contributed by atoms with Gasteiger partial charge in [-0.1, -0.05) is 31.0 Å². The Morgan fingerprint density at radius 2 is 1.72 bits per heavy atom. The second-order valence-corrected chi connectivity index (χ2v) is 7.90. The third-order valence-corrected chi connectivity index (χ3v) is 5.65. The van der Waals surface area contributed by atoms with Gasteiger partial charge in [-0.3, -0.25) is 14.4 Å². The van der Waals surface area contributed by atoms with Crippen LogP contribution in [-0.4, -0.2) is 38.0 Å². The average molecular weight is 442 g/mol. The summed E-state index contributed by atoms with van der Waals surface area (Å²) >= 11 is 0. The van der Waals surface area contributed by atoms with Crippen molar-refractivity contribution in [2.24, 2.45) is 0 Å². The minimum atomic E-state index is -0.868. The van der Waals surface area contributed by atoms with Crippen molar-refractivity contribution < 1.29 is 28.2 Å². The first kappa shape index (κ1) is 23.2. The number of aryl methyl sites for hydroxylation is 1. The van der Waals surface area contributed by atoms with Crippen LogP contribution in [0.15, 0.2) is 42.5 Å². The average Bonchev–Trinajstić information content (AvgIpc) is 3.28. The summed E-state index contributed by atoms with van der Waals surface area (Å²) in [7, 11) is 1.50. The van der Waals surface area contributed by atoms with Gasteiger partial charge in [-0.25, -0.2) is 4.39 Å². The van der Waals surface area contributed by atoms with Crippen molar-refractivity contribution in [2.75, 3.05) is 25.6 Å². The molecule has 0 atom stereocenters. The van der Waals surface area contributed by atoms with E-state index in [2.05, 4.69) is 10.6 Å². The van der Waals surface area contributed by atoms with Gasteiger partial charge in [-0.15, -0.1) is 0 Å². The molecule has 3 rings (SSSR count). The summed E-state index contributed by atoms with van der Waals surface area (Å²) in [4.78, 5) is 37.2. The molecule has 2 aromatic rings. The van der Waals surface area contributed by atoms with Gasteiger partial charge >= 0.3 is 5.97 Å². The van der Waals surface area contributed by atoms with Crippen LogP contribution in [0.4, 0.5) is 10.1 Å². The summed E-state index contributed by atoms with van der Waals surface area (Å²) < 4.78 is 23.8. The standard InChI is InChI=1S/C24H27FN2O5/c1-16-5-10-20(31-2)19(13-16)27-21(28)14-26-22(29)15-32-23(30)24(11-3-4-12-24)17-6-8-18(25)9-7-17/h5-10,13H,3-4,11-12,14-15H2,1-2H3,(H,26,29)(H,27,28). The van der Waals surface area contributed by atoms with E-state index in [0.717, 1.165) is 18.4 Å². The summed E-state index contributed by atoms with van der Waals surface area (Å²) in [6.45, 7) is 1.10. The van der Waals surface area contributed by atoms with Crippen LogP contribution in [-0.2, 0) is 24.5 Å². The molecule has 32 heavy (non-hydrogen) atoms. The Kier molecular flexibility index (Phi) is 7.45. The van der Waals surface area contributed by atoms with Crippen LogP contribution in [0.2, 0.25) is 0 Å². The Hall–Kier alpha value is -3.42. The van der Waals surface area contributed by atoms with Gasteiger partial charge in [-0.05, 0) is 55.2 Å². The molecule has 0 saturated heterocycles. The fourth-order valence-electron chi connectivity index (χ4n) is 3.97. The van der Waals surface area contributed by atoms with Crippen molar-refractivity contribution in [1.82, 2.24) is 5.32 Å². The van der Waals surface area contributed by atoms with Gasteiger partial charge in [-0.2, -0.15) is 0 Å². The number of ether oxygens (including phenoxy) is 2. The number of halogens is 1. The molecule has 1 saturated carbocycles. The highest BCUT2D eigenvalue weighted by Crippen LogP contribution is 2.42. The Morgan fingerprint density at radius 3 is 2.38 bits per heavy atom. The van der Waals surface area contributed by atoms with Crippen LogP contribution in [0.1, 0.15) is 36.8 Å². The summed E-state index contributed by atoms with van der Waals surface area (Å²) in [5, 5.41) is 5.12. The fraction of sp³-hybridized carbons (Fsp3) is 0.375. The lowest BCUT2D eigenvalue weighted by Crippen LogP contribution is -2.39. The topological polar surface area (TPSA) is 93.7 Å². The molecule has 0 aliphatic heterocycles. The molecular weight excluding hydrogens is 415 g/mol. The number of esters is 1. The predicted octanol–water partition coefficient (Wildman–Crippen LogP) is 3.25. The minimum Gasteiger partial charge on any atom is -0.495 e. The first-order valence-electron chi connectivity index (χ1n) is 10.5. The molecule has 0 radical (unpaired) electrons. The minimum absolute atomic E-state index is 0.281. The third kappa shape index (κ3) is 5.43. The molecule has 1 aliphatic carbocycles. The van der Waals surface area contributed by atoms with Gasteiger partial charge < -0.3 is 20.1 Å². The molecule has 2 amide bonds. The first-order valence-corrected chi connectivity index (χ1v) is 10.5. The van der Waals surface area contributed by atoms with E-state index in [9.17, 15) is 18.8 Å². The number of carbonyl (C=O) groups is 3. The third-order valence-electron chi connectivity index (χ3n) is 5.65. The smallest absolute Gasteiger partial charge is 0.317 e. The molecule has 2 aromatic carbocycles. The summed E-state index contributed by atoms with van der Waals surface area (Å²) in [6, 6.07) is 11.2. The normalized spacial score (nSPS) is 14.5. The van der Waals surface area contributed by atoms with E-state index in [-0.39, 0.29) is 12.4 Å². The van der Waals surface area contributed by atoms with Crippen molar-refractivity contribution >= 4 is 23.5 Å². The molecule has 1 fully saturated rings. The van der Waals surface area contributed by atoms with Crippen molar-refractivity contribution in [3.05, 3.63) is 59.4 Å². The van der Waals surface area contributed by atoms with Gasteiger partial charge in [0.05, 0.1) is 24.8 Å². The molecule has 170 valence electrons. The zero-order chi connectivity index (χ0) is 23.1. The molecule has 0 heterocycles. The van der Waals surface area contributed by atoms with E-state index in [0.29, 0.717) is 29.8 Å². The zero-order valence-corrected chi connectivity index (χ0v) is 18.2. The largest absolute Gasteiger partial charge is 0.495 e. The molecule has 1 aliphatic rings. The maximum absolute atomic E-state index is 13.3. The monoisotopic (exact) mass is 442 g/mol. The number of amides is 2. The lowest BCUT2D eigenvalue weighted by Gasteiger charge is -2.27. The molecule has 7 nitrogen and oxygen atoms in total. The van der Waals surface area contributed by atoms with E-state index in [1.165, 1.54) is 19.2 Å². The van der Waals surface area contributed by atoms with Crippen molar-refractivity contribution in [1.29, 1.82) is 0 Å². The van der Waals surface area contributed by atoms with Crippen LogP contribution < -0.4 is 15.4 Å². The fourth-order valence-corrected chi connectivity index (χ4v) is 3.97. The molecule has 2 N–H and O–H groups in total. The second kappa shape index (κ2) is 10.3. The van der Waals surface area contributed by atoms with Gasteiger partial charge in [0.2, 0.25) is 5.91 Å². The van der Waals surface area contributed by atoms with Crippen LogP contribution in [0.25, 0.3) is 0 Å². The Morgan fingerprint density at radius 1 is 1.03 bits per heavy atom.